The molecule has 1 aromatic heterocycles. The molecule has 0 unspecified atom stereocenters. The number of carbonyl (C=O) groups is 5. The molecule has 4 heterocycles. The number of likely N-dealkylation sites (tertiary alicyclic amines) is 1. The molecule has 0 bridgehead atoms. The fourth-order valence-corrected chi connectivity index (χ4v) is 11.1. The number of rotatable bonds is 14. The Kier molecular flexibility index (Phi) is 16.5. The van der Waals surface area contributed by atoms with Crippen LogP contribution in [-0.2, 0) is 27.3 Å². The Morgan fingerprint density at radius 1 is 0.716 bits per heavy atom. The van der Waals surface area contributed by atoms with Crippen LogP contribution in [0.15, 0.2) is 89.7 Å². The highest BCUT2D eigenvalue weighted by atomic mass is 19.1. The Morgan fingerprint density at radius 2 is 1.47 bits per heavy atom. The lowest BCUT2D eigenvalue weighted by Gasteiger charge is -2.43. The molecule has 18 heteroatoms. The summed E-state index contributed by atoms with van der Waals surface area (Å²) >= 11 is 0. The van der Waals surface area contributed by atoms with E-state index < -0.39 is 29.4 Å². The highest BCUT2D eigenvalue weighted by Crippen LogP contribution is 2.31. The van der Waals surface area contributed by atoms with Crippen LogP contribution in [0.3, 0.4) is 0 Å². The summed E-state index contributed by atoms with van der Waals surface area (Å²) in [5.41, 5.74) is 2.53. The van der Waals surface area contributed by atoms with Crippen LogP contribution in [-0.4, -0.2) is 148 Å². The van der Waals surface area contributed by atoms with Gasteiger partial charge in [0, 0.05) is 106 Å². The zero-order valence-electron chi connectivity index (χ0n) is 41.8. The maximum Gasteiger partial charge on any atom is 0.272 e. The van der Waals surface area contributed by atoms with E-state index in [2.05, 4.69) is 25.7 Å². The van der Waals surface area contributed by atoms with Gasteiger partial charge in [0.1, 0.15) is 23.5 Å². The average molecular weight is 1020 g/mol. The van der Waals surface area contributed by atoms with Gasteiger partial charge in [0.2, 0.25) is 17.7 Å². The molecule has 74 heavy (non-hydrogen) atoms. The highest BCUT2D eigenvalue weighted by molar-refractivity contribution is 5.98. The minimum atomic E-state index is -0.714. The first kappa shape index (κ1) is 52.0. The predicted molar refractivity (Wildman–Crippen MR) is 273 cm³/mol. The molecular weight excluding hydrogens is 952 g/mol. The third-order valence-corrected chi connectivity index (χ3v) is 15.4. The van der Waals surface area contributed by atoms with Crippen molar-refractivity contribution in [2.24, 2.45) is 5.92 Å². The first-order chi connectivity index (χ1) is 35.8. The fraction of sp³-hybridized carbons (Fsp3) is 0.446. The van der Waals surface area contributed by atoms with Gasteiger partial charge >= 0.3 is 0 Å². The van der Waals surface area contributed by atoms with Crippen molar-refractivity contribution in [3.8, 4) is 0 Å². The molecule has 4 fully saturated rings. The van der Waals surface area contributed by atoms with Crippen LogP contribution in [0.4, 0.5) is 13.2 Å². The standard InChI is InChI=1S/C56H64F3N9O6/c1-36-33-68(26-25-66(36)35-51(70)64-21-23-65(24-22-64)55(73)46-27-37(16-19-47(46)58)28-49-44-14-5-6-15-45(44)54(72)63-62-49)56(74)52(38-9-3-2-4-10-38)61-53(71)40-12-7-11-39(29-40)42-13-8-20-67(34-42)50(69)32-60-31-41-17-18-43(57)30-48(41)59/h5-7,11-12,14-19,27,29-30,36,38,42,52,60H,2-4,8-10,13,20-26,28,31-35H2,1H3,(H,61,71)(H,63,72)/t36-,42+,52+/m0/s1. The zero-order valence-corrected chi connectivity index (χ0v) is 41.8. The number of nitrogens with zero attached hydrogens (tertiary/aromatic N) is 6. The molecular formula is C56H64F3N9O6. The van der Waals surface area contributed by atoms with Crippen LogP contribution in [0.5, 0.6) is 0 Å². The van der Waals surface area contributed by atoms with Crippen molar-refractivity contribution in [1.82, 2.24) is 45.3 Å². The Hall–Kier alpha value is -6.92. The van der Waals surface area contributed by atoms with Gasteiger partial charge in [0.25, 0.3) is 17.4 Å². The van der Waals surface area contributed by atoms with Gasteiger partial charge in [-0.25, -0.2) is 18.3 Å². The van der Waals surface area contributed by atoms with Crippen molar-refractivity contribution in [3.63, 3.8) is 0 Å². The van der Waals surface area contributed by atoms with Gasteiger partial charge in [0.05, 0.1) is 29.7 Å². The predicted octanol–water partition coefficient (Wildman–Crippen LogP) is 5.62. The van der Waals surface area contributed by atoms with Gasteiger partial charge in [-0.15, -0.1) is 0 Å². The molecule has 0 spiro atoms. The number of aromatic amines is 1. The van der Waals surface area contributed by atoms with Crippen molar-refractivity contribution in [1.29, 1.82) is 0 Å². The molecule has 4 aliphatic rings. The van der Waals surface area contributed by atoms with Crippen LogP contribution in [0, 0.1) is 23.4 Å². The van der Waals surface area contributed by atoms with Gasteiger partial charge in [-0.1, -0.05) is 61.7 Å². The minimum absolute atomic E-state index is 0.000182. The minimum Gasteiger partial charge on any atom is -0.341 e. The van der Waals surface area contributed by atoms with Crippen LogP contribution in [0.2, 0.25) is 0 Å². The van der Waals surface area contributed by atoms with E-state index in [1.165, 1.54) is 24.3 Å². The largest absolute Gasteiger partial charge is 0.341 e. The van der Waals surface area contributed by atoms with E-state index in [4.69, 9.17) is 0 Å². The molecule has 4 aromatic carbocycles. The summed E-state index contributed by atoms with van der Waals surface area (Å²) < 4.78 is 42.7. The monoisotopic (exact) mass is 1020 g/mol. The molecule has 3 aliphatic heterocycles. The van der Waals surface area contributed by atoms with Crippen molar-refractivity contribution in [2.75, 3.05) is 72.0 Å². The summed E-state index contributed by atoms with van der Waals surface area (Å²) in [6, 6.07) is 21.4. The number of carbonyl (C=O) groups excluding carboxylic acids is 5. The molecule has 3 N–H and O–H groups in total. The lowest BCUT2D eigenvalue weighted by atomic mass is 9.83. The van der Waals surface area contributed by atoms with E-state index in [0.717, 1.165) is 56.6 Å². The second-order valence-electron chi connectivity index (χ2n) is 20.3. The van der Waals surface area contributed by atoms with Crippen LogP contribution in [0.25, 0.3) is 10.8 Å². The van der Waals surface area contributed by atoms with Crippen molar-refractivity contribution < 1.29 is 37.1 Å². The maximum atomic E-state index is 15.2. The van der Waals surface area contributed by atoms with Gasteiger partial charge in [-0.05, 0) is 86.1 Å². The molecule has 3 atom stereocenters. The molecule has 1 saturated carbocycles. The number of piperidine rings is 1. The van der Waals surface area contributed by atoms with E-state index in [1.54, 1.807) is 45.0 Å². The highest BCUT2D eigenvalue weighted by Gasteiger charge is 2.38. The van der Waals surface area contributed by atoms with Gasteiger partial charge < -0.3 is 30.2 Å². The summed E-state index contributed by atoms with van der Waals surface area (Å²) in [5.74, 6) is -3.13. The number of piperazine rings is 2. The summed E-state index contributed by atoms with van der Waals surface area (Å²) in [7, 11) is 0. The smallest absolute Gasteiger partial charge is 0.272 e. The topological polar surface area (TPSA) is 171 Å². The quantitative estimate of drug-likeness (QED) is 0.128. The van der Waals surface area contributed by atoms with Crippen LogP contribution >= 0.6 is 0 Å². The van der Waals surface area contributed by atoms with Crippen LogP contribution in [0.1, 0.15) is 101 Å². The number of nitrogens with one attached hydrogen (secondary N) is 3. The molecule has 5 aromatic rings. The van der Waals surface area contributed by atoms with Gasteiger partial charge in [0.15, 0.2) is 0 Å². The number of amides is 5. The Labute approximate surface area is 428 Å². The summed E-state index contributed by atoms with van der Waals surface area (Å²) in [5, 5.41) is 14.1. The Bertz CT molecular complexity index is 2940. The molecule has 0 radical (unpaired) electrons. The summed E-state index contributed by atoms with van der Waals surface area (Å²) in [6.07, 6.45) is 6.57. The molecule has 390 valence electrons. The first-order valence-electron chi connectivity index (χ1n) is 26.0. The number of hydrogen-bond donors (Lipinski definition) is 3. The third-order valence-electron chi connectivity index (χ3n) is 15.4. The second kappa shape index (κ2) is 23.5. The van der Waals surface area contributed by atoms with Crippen molar-refractivity contribution in [2.45, 2.75) is 82.8 Å². The summed E-state index contributed by atoms with van der Waals surface area (Å²) in [6.45, 7) is 5.57. The van der Waals surface area contributed by atoms with E-state index in [-0.39, 0.29) is 97.3 Å². The number of H-pyrrole nitrogens is 1. The van der Waals surface area contributed by atoms with E-state index in [0.29, 0.717) is 73.4 Å². The molecule has 9 rings (SSSR count). The SMILES string of the molecule is C[C@H]1CN(C(=O)[C@H](NC(=O)c2cccc([C@@H]3CCCN(C(=O)CNCc4ccc(F)cc4F)C3)c2)C2CCCCC2)CCN1CC(=O)N1CCN(C(=O)c2cc(Cc3n[nH]c(=O)c4ccccc34)ccc2F)CC1. The Morgan fingerprint density at radius 3 is 2.24 bits per heavy atom. The number of aromatic nitrogens is 2. The number of fused-ring (bicyclic) bond motifs is 1. The van der Waals surface area contributed by atoms with Crippen molar-refractivity contribution in [3.05, 3.63) is 146 Å². The van der Waals surface area contributed by atoms with Crippen LogP contribution < -0.4 is 16.2 Å². The average Bonchev–Trinajstić information content (AvgIpc) is 3.42. The Balaban J connectivity index is 0.761. The normalized spacial score (nSPS) is 19.4. The zero-order chi connectivity index (χ0) is 51.9. The maximum absolute atomic E-state index is 15.2. The first-order valence-corrected chi connectivity index (χ1v) is 26.0. The molecule has 1 aliphatic carbocycles. The van der Waals surface area contributed by atoms with Crippen molar-refractivity contribution >= 4 is 40.3 Å². The lowest BCUT2D eigenvalue weighted by molar-refractivity contribution is -0.140. The van der Waals surface area contributed by atoms with E-state index in [9.17, 15) is 37.5 Å². The fourth-order valence-electron chi connectivity index (χ4n) is 11.1. The molecule has 5 amide bonds. The number of benzene rings is 4. The number of hydrogen-bond acceptors (Lipinski definition) is 9. The van der Waals surface area contributed by atoms with E-state index in [1.807, 2.05) is 36.1 Å². The number of halogens is 3. The molecule has 15 nitrogen and oxygen atoms in total. The second-order valence-corrected chi connectivity index (χ2v) is 20.3. The van der Waals surface area contributed by atoms with Gasteiger partial charge in [-0.3, -0.25) is 33.7 Å². The van der Waals surface area contributed by atoms with E-state index >= 15 is 4.39 Å². The van der Waals surface area contributed by atoms with Gasteiger partial charge in [-0.2, -0.15) is 5.10 Å². The lowest BCUT2D eigenvalue weighted by Crippen LogP contribution is -2.61. The third kappa shape index (κ3) is 12.2. The molecule has 3 saturated heterocycles. The summed E-state index contributed by atoms with van der Waals surface area (Å²) in [4.78, 5) is 90.5.